The molecule has 1 aliphatic heterocycles. The van der Waals surface area contributed by atoms with Crippen LogP contribution in [0, 0.1) is 13.8 Å². The van der Waals surface area contributed by atoms with Gasteiger partial charge in [-0.1, -0.05) is 60.1 Å². The smallest absolute Gasteiger partial charge is 0.342 e. The number of halogens is 1. The van der Waals surface area contributed by atoms with Gasteiger partial charge in [-0.15, -0.1) is 0 Å². The van der Waals surface area contributed by atoms with E-state index in [2.05, 4.69) is 10.2 Å². The molecule has 1 aromatic heterocycles. The van der Waals surface area contributed by atoms with Crippen molar-refractivity contribution in [2.75, 3.05) is 13.2 Å². The fourth-order valence-electron chi connectivity index (χ4n) is 3.68. The van der Waals surface area contributed by atoms with Crippen molar-refractivity contribution in [2.24, 2.45) is 5.10 Å². The van der Waals surface area contributed by atoms with E-state index >= 15 is 0 Å². The van der Waals surface area contributed by atoms with E-state index in [0.29, 0.717) is 41.5 Å². The number of esters is 1. The van der Waals surface area contributed by atoms with Gasteiger partial charge >= 0.3 is 5.97 Å². The second-order valence-electron chi connectivity index (χ2n) is 7.55. The fraction of sp³-hybridized carbons (Fsp3) is 0.250. The Labute approximate surface area is 191 Å². The number of amides is 1. The Bertz CT molecular complexity index is 1190. The number of nitrogens with zero attached hydrogens (tertiary/aromatic N) is 4. The predicted molar refractivity (Wildman–Crippen MR) is 122 cm³/mol. The molecule has 1 aliphatic rings. The highest BCUT2D eigenvalue weighted by atomic mass is 35.5. The van der Waals surface area contributed by atoms with Crippen molar-refractivity contribution in [1.82, 2.24) is 14.8 Å². The first-order valence-corrected chi connectivity index (χ1v) is 10.7. The Balaban J connectivity index is 1.40. The molecule has 8 heteroatoms. The second kappa shape index (κ2) is 9.36. The number of hydrogen-bond acceptors (Lipinski definition) is 5. The Morgan fingerprint density at radius 3 is 2.53 bits per heavy atom. The van der Waals surface area contributed by atoms with E-state index in [1.807, 2.05) is 54.6 Å². The van der Waals surface area contributed by atoms with Crippen LogP contribution in [0.25, 0.3) is 0 Å². The molecule has 0 saturated carbocycles. The highest BCUT2D eigenvalue weighted by Gasteiger charge is 2.25. The molecule has 0 spiro atoms. The maximum atomic E-state index is 12.7. The highest BCUT2D eigenvalue weighted by Crippen LogP contribution is 2.20. The largest absolute Gasteiger partial charge is 0.452 e. The first-order chi connectivity index (χ1) is 15.4. The van der Waals surface area contributed by atoms with Crippen molar-refractivity contribution in [3.63, 3.8) is 0 Å². The minimum atomic E-state index is -0.579. The van der Waals surface area contributed by atoms with Gasteiger partial charge < -0.3 is 4.74 Å². The Kier molecular flexibility index (Phi) is 6.37. The second-order valence-corrected chi connectivity index (χ2v) is 7.96. The average molecular weight is 451 g/mol. The third-order valence-corrected chi connectivity index (χ3v) is 5.76. The molecule has 0 atom stereocenters. The zero-order valence-corrected chi connectivity index (χ0v) is 18.7. The molecule has 2 heterocycles. The number of rotatable bonds is 6. The molecule has 0 aliphatic carbocycles. The number of benzene rings is 2. The third-order valence-electron chi connectivity index (χ3n) is 5.39. The van der Waals surface area contributed by atoms with Gasteiger partial charge in [-0.05, 0) is 31.0 Å². The molecule has 164 valence electrons. The molecule has 4 rings (SSSR count). The first-order valence-electron chi connectivity index (χ1n) is 10.3. The Morgan fingerprint density at radius 2 is 1.78 bits per heavy atom. The monoisotopic (exact) mass is 450 g/mol. The number of hydrogen-bond donors (Lipinski definition) is 0. The number of ether oxygens (including phenoxy) is 1. The number of aryl methyl sites for hydroxylation is 1. The normalized spacial score (nSPS) is 13.2. The van der Waals surface area contributed by atoms with Crippen LogP contribution in [0.5, 0.6) is 0 Å². The predicted octanol–water partition coefficient (Wildman–Crippen LogP) is 4.00. The lowest BCUT2D eigenvalue weighted by Crippen LogP contribution is -2.29. The van der Waals surface area contributed by atoms with E-state index in [1.165, 1.54) is 5.01 Å². The van der Waals surface area contributed by atoms with Gasteiger partial charge in [-0.2, -0.15) is 10.2 Å². The zero-order chi connectivity index (χ0) is 22.7. The summed E-state index contributed by atoms with van der Waals surface area (Å²) in [5.41, 5.74) is 4.29. The zero-order valence-electron chi connectivity index (χ0n) is 17.9. The summed E-state index contributed by atoms with van der Waals surface area (Å²) in [6.07, 6.45) is 0.663. The van der Waals surface area contributed by atoms with Crippen LogP contribution in [0.4, 0.5) is 0 Å². The summed E-state index contributed by atoms with van der Waals surface area (Å²) in [4.78, 5) is 25.2. The molecule has 0 fully saturated rings. The topological polar surface area (TPSA) is 76.8 Å². The van der Waals surface area contributed by atoms with Gasteiger partial charge in [-0.25, -0.2) is 9.80 Å². The maximum absolute atomic E-state index is 12.7. The first kappa shape index (κ1) is 21.8. The molecular formula is C24H23ClN4O3. The Hall–Kier alpha value is -3.45. The molecule has 0 saturated heterocycles. The highest BCUT2D eigenvalue weighted by molar-refractivity contribution is 6.31. The van der Waals surface area contributed by atoms with Crippen molar-refractivity contribution in [1.29, 1.82) is 0 Å². The van der Waals surface area contributed by atoms with Gasteiger partial charge in [0.1, 0.15) is 5.56 Å². The molecule has 1 amide bonds. The van der Waals surface area contributed by atoms with Crippen LogP contribution in [0.15, 0.2) is 59.7 Å². The van der Waals surface area contributed by atoms with Crippen molar-refractivity contribution in [3.8, 4) is 0 Å². The summed E-state index contributed by atoms with van der Waals surface area (Å²) in [7, 11) is 0. The number of carbonyl (C=O) groups is 2. The standard InChI is InChI=1S/C24H23ClN4O3/c1-16-23(17(2)29(26-16)14-19-10-6-7-11-20(19)25)24(31)32-15-22(30)28-13-12-21(27-28)18-8-4-3-5-9-18/h3-11H,12-15H2,1-2H3. The summed E-state index contributed by atoms with van der Waals surface area (Å²) in [6.45, 7) is 4.06. The van der Waals surface area contributed by atoms with Gasteiger partial charge in [-0.3, -0.25) is 9.48 Å². The van der Waals surface area contributed by atoms with E-state index < -0.39 is 5.97 Å². The molecule has 3 aromatic rings. The van der Waals surface area contributed by atoms with Gasteiger partial charge in [0, 0.05) is 11.4 Å². The summed E-state index contributed by atoms with van der Waals surface area (Å²) in [5.74, 6) is -0.937. The molecule has 0 radical (unpaired) electrons. The quantitative estimate of drug-likeness (QED) is 0.532. The van der Waals surface area contributed by atoms with Gasteiger partial charge in [0.2, 0.25) is 0 Å². The van der Waals surface area contributed by atoms with Crippen molar-refractivity contribution < 1.29 is 14.3 Å². The number of aromatic nitrogens is 2. The molecule has 0 N–H and O–H groups in total. The van der Waals surface area contributed by atoms with E-state index in [1.54, 1.807) is 18.5 Å². The van der Waals surface area contributed by atoms with E-state index in [9.17, 15) is 9.59 Å². The lowest BCUT2D eigenvalue weighted by atomic mass is 10.1. The van der Waals surface area contributed by atoms with Gasteiger partial charge in [0.15, 0.2) is 6.61 Å². The van der Waals surface area contributed by atoms with Crippen LogP contribution in [0.2, 0.25) is 5.02 Å². The number of hydrazone groups is 1. The maximum Gasteiger partial charge on any atom is 0.342 e. The van der Waals surface area contributed by atoms with Gasteiger partial charge in [0.25, 0.3) is 5.91 Å². The molecule has 0 unspecified atom stereocenters. The molecule has 32 heavy (non-hydrogen) atoms. The van der Waals surface area contributed by atoms with E-state index in [4.69, 9.17) is 16.3 Å². The van der Waals surface area contributed by atoms with Crippen LogP contribution < -0.4 is 0 Å². The Morgan fingerprint density at radius 1 is 1.06 bits per heavy atom. The van der Waals surface area contributed by atoms with Crippen LogP contribution in [-0.2, 0) is 16.1 Å². The summed E-state index contributed by atoms with van der Waals surface area (Å²) in [5, 5.41) is 10.8. The minimum Gasteiger partial charge on any atom is -0.452 e. The number of carbonyl (C=O) groups excluding carboxylic acids is 2. The molecule has 7 nitrogen and oxygen atoms in total. The third kappa shape index (κ3) is 4.57. The molecular weight excluding hydrogens is 428 g/mol. The van der Waals surface area contributed by atoms with Crippen LogP contribution >= 0.6 is 11.6 Å². The SMILES string of the molecule is Cc1nn(Cc2ccccc2Cl)c(C)c1C(=O)OCC(=O)N1CCC(c2ccccc2)=N1. The average Bonchev–Trinajstić information content (AvgIpc) is 3.39. The van der Waals surface area contributed by atoms with E-state index in [0.717, 1.165) is 16.8 Å². The van der Waals surface area contributed by atoms with Crippen LogP contribution in [0.1, 0.15) is 39.3 Å². The summed E-state index contributed by atoms with van der Waals surface area (Å²) < 4.78 is 7.03. The summed E-state index contributed by atoms with van der Waals surface area (Å²) in [6, 6.07) is 17.2. The van der Waals surface area contributed by atoms with Crippen molar-refractivity contribution in [2.45, 2.75) is 26.8 Å². The lowest BCUT2D eigenvalue weighted by molar-refractivity contribution is -0.134. The minimum absolute atomic E-state index is 0.358. The van der Waals surface area contributed by atoms with Crippen molar-refractivity contribution in [3.05, 3.63) is 87.7 Å². The van der Waals surface area contributed by atoms with E-state index in [-0.39, 0.29) is 12.5 Å². The lowest BCUT2D eigenvalue weighted by Gasteiger charge is -2.12. The fourth-order valence-corrected chi connectivity index (χ4v) is 3.87. The molecule has 2 aromatic carbocycles. The van der Waals surface area contributed by atoms with Crippen LogP contribution in [-0.4, -0.2) is 45.5 Å². The molecule has 0 bridgehead atoms. The van der Waals surface area contributed by atoms with Crippen LogP contribution in [0.3, 0.4) is 0 Å². The van der Waals surface area contributed by atoms with Crippen molar-refractivity contribution >= 4 is 29.2 Å². The summed E-state index contributed by atoms with van der Waals surface area (Å²) >= 11 is 6.25. The van der Waals surface area contributed by atoms with Gasteiger partial charge in [0.05, 0.1) is 30.2 Å².